The number of nitrogens with two attached hydrogens (primary N) is 1. The summed E-state index contributed by atoms with van der Waals surface area (Å²) < 4.78 is 0. The smallest absolute Gasteiger partial charge is 0.317 e. The van der Waals surface area contributed by atoms with Gasteiger partial charge in [0.1, 0.15) is 0 Å². The highest BCUT2D eigenvalue weighted by molar-refractivity contribution is 5.75. The number of urea groups is 1. The Labute approximate surface area is 96.5 Å². The Bertz CT molecular complexity index is 290. The van der Waals surface area contributed by atoms with Crippen LogP contribution in [0.1, 0.15) is 32.1 Å². The Morgan fingerprint density at radius 1 is 1.19 bits per heavy atom. The summed E-state index contributed by atoms with van der Waals surface area (Å²) in [5, 5.41) is 3.07. The molecule has 0 radical (unpaired) electrons. The number of hydrogen-bond acceptors (Lipinski definition) is 2. The van der Waals surface area contributed by atoms with E-state index in [2.05, 4.69) is 5.32 Å². The lowest BCUT2D eigenvalue weighted by Crippen LogP contribution is -2.41. The molecule has 3 N–H and O–H groups in total. The Kier molecular flexibility index (Phi) is 2.54. The number of carbonyl (C=O) groups excluding carboxylic acids is 1. The van der Waals surface area contributed by atoms with Gasteiger partial charge in [-0.2, -0.15) is 0 Å². The second-order valence-corrected chi connectivity index (χ2v) is 5.65. The standard InChI is InChI=1S/C12H21N3O/c13-11-3-1-2-8-6-15(7-10(8)11)12(16)14-9-4-5-9/h8-11H,1-7,13H2,(H,14,16). The van der Waals surface area contributed by atoms with Crippen LogP contribution in [0.25, 0.3) is 0 Å². The minimum atomic E-state index is 0.143. The van der Waals surface area contributed by atoms with E-state index in [1.54, 1.807) is 0 Å². The second kappa shape index (κ2) is 3.91. The molecule has 4 nitrogen and oxygen atoms in total. The molecule has 0 aromatic rings. The zero-order valence-electron chi connectivity index (χ0n) is 9.69. The van der Waals surface area contributed by atoms with Crippen LogP contribution in [0.5, 0.6) is 0 Å². The zero-order valence-corrected chi connectivity index (χ0v) is 9.69. The minimum Gasteiger partial charge on any atom is -0.335 e. The molecule has 3 rings (SSSR count). The molecule has 2 aliphatic carbocycles. The van der Waals surface area contributed by atoms with Gasteiger partial charge in [0.05, 0.1) is 0 Å². The van der Waals surface area contributed by atoms with Crippen molar-refractivity contribution >= 4 is 6.03 Å². The van der Waals surface area contributed by atoms with Gasteiger partial charge in [0.2, 0.25) is 0 Å². The van der Waals surface area contributed by atoms with E-state index < -0.39 is 0 Å². The summed E-state index contributed by atoms with van der Waals surface area (Å²) in [6, 6.07) is 0.922. The fourth-order valence-electron chi connectivity index (χ4n) is 3.18. The molecule has 0 spiro atoms. The summed E-state index contributed by atoms with van der Waals surface area (Å²) in [5.41, 5.74) is 6.14. The topological polar surface area (TPSA) is 58.4 Å². The van der Waals surface area contributed by atoms with Crippen LogP contribution in [-0.4, -0.2) is 36.1 Å². The average Bonchev–Trinajstić information content (AvgIpc) is 2.95. The van der Waals surface area contributed by atoms with E-state index in [0.29, 0.717) is 23.9 Å². The summed E-state index contributed by atoms with van der Waals surface area (Å²) in [5.74, 6) is 1.22. The van der Waals surface area contributed by atoms with Gasteiger partial charge in [-0.25, -0.2) is 4.79 Å². The van der Waals surface area contributed by atoms with Crippen LogP contribution in [-0.2, 0) is 0 Å². The molecule has 3 unspecified atom stereocenters. The molecule has 3 atom stereocenters. The van der Waals surface area contributed by atoms with Crippen LogP contribution in [0.4, 0.5) is 4.79 Å². The van der Waals surface area contributed by atoms with Crippen molar-refractivity contribution in [2.75, 3.05) is 13.1 Å². The van der Waals surface area contributed by atoms with Crippen molar-refractivity contribution < 1.29 is 4.79 Å². The first-order valence-electron chi connectivity index (χ1n) is 6.55. The van der Waals surface area contributed by atoms with Gasteiger partial charge in [-0.1, -0.05) is 6.42 Å². The maximum Gasteiger partial charge on any atom is 0.317 e. The lowest BCUT2D eigenvalue weighted by atomic mass is 9.78. The van der Waals surface area contributed by atoms with Crippen LogP contribution >= 0.6 is 0 Å². The van der Waals surface area contributed by atoms with Crippen LogP contribution in [0.3, 0.4) is 0 Å². The highest BCUT2D eigenvalue weighted by atomic mass is 16.2. The van der Waals surface area contributed by atoms with Crippen LogP contribution in [0.15, 0.2) is 0 Å². The summed E-state index contributed by atoms with van der Waals surface area (Å²) in [6.07, 6.45) is 5.95. The van der Waals surface area contributed by atoms with E-state index in [-0.39, 0.29) is 6.03 Å². The van der Waals surface area contributed by atoms with Crippen molar-refractivity contribution in [3.05, 3.63) is 0 Å². The molecule has 1 heterocycles. The van der Waals surface area contributed by atoms with E-state index in [1.807, 2.05) is 4.90 Å². The third-order valence-corrected chi connectivity index (χ3v) is 4.35. The Morgan fingerprint density at radius 3 is 2.69 bits per heavy atom. The lowest BCUT2D eigenvalue weighted by molar-refractivity contribution is 0.205. The van der Waals surface area contributed by atoms with Gasteiger partial charge in [0.15, 0.2) is 0 Å². The number of nitrogens with zero attached hydrogens (tertiary/aromatic N) is 1. The molecule has 0 aromatic heterocycles. The fourth-order valence-corrected chi connectivity index (χ4v) is 3.18. The summed E-state index contributed by atoms with van der Waals surface area (Å²) in [4.78, 5) is 13.9. The van der Waals surface area contributed by atoms with Gasteiger partial charge in [-0.3, -0.25) is 0 Å². The Balaban J connectivity index is 1.59. The fraction of sp³-hybridized carbons (Fsp3) is 0.917. The number of rotatable bonds is 1. The van der Waals surface area contributed by atoms with Crippen LogP contribution < -0.4 is 11.1 Å². The molecule has 0 bridgehead atoms. The van der Waals surface area contributed by atoms with Crippen molar-refractivity contribution in [3.8, 4) is 0 Å². The predicted molar refractivity (Wildman–Crippen MR) is 61.9 cm³/mol. The van der Waals surface area contributed by atoms with E-state index >= 15 is 0 Å². The number of fused-ring (bicyclic) bond motifs is 1. The molecule has 2 amide bonds. The number of amides is 2. The third kappa shape index (κ3) is 1.90. The minimum absolute atomic E-state index is 0.143. The summed E-state index contributed by atoms with van der Waals surface area (Å²) in [6.45, 7) is 1.81. The third-order valence-electron chi connectivity index (χ3n) is 4.35. The van der Waals surface area contributed by atoms with Gasteiger partial charge in [0.25, 0.3) is 0 Å². The SMILES string of the molecule is NC1CCCC2CN(C(=O)NC3CC3)CC12. The van der Waals surface area contributed by atoms with E-state index in [9.17, 15) is 4.79 Å². The highest BCUT2D eigenvalue weighted by Crippen LogP contribution is 2.35. The van der Waals surface area contributed by atoms with Crippen molar-refractivity contribution in [3.63, 3.8) is 0 Å². The van der Waals surface area contributed by atoms with E-state index in [1.165, 1.54) is 12.8 Å². The van der Waals surface area contributed by atoms with E-state index in [0.717, 1.165) is 32.4 Å². The molecule has 16 heavy (non-hydrogen) atoms. The summed E-state index contributed by atoms with van der Waals surface area (Å²) in [7, 11) is 0. The molecule has 2 saturated carbocycles. The summed E-state index contributed by atoms with van der Waals surface area (Å²) >= 11 is 0. The lowest BCUT2D eigenvalue weighted by Gasteiger charge is -2.29. The zero-order chi connectivity index (χ0) is 11.1. The first-order valence-corrected chi connectivity index (χ1v) is 6.55. The second-order valence-electron chi connectivity index (χ2n) is 5.65. The molecule has 1 saturated heterocycles. The number of carbonyl (C=O) groups is 1. The molecule has 90 valence electrons. The number of likely N-dealkylation sites (tertiary alicyclic amines) is 1. The molecule has 4 heteroatoms. The first-order chi connectivity index (χ1) is 7.74. The van der Waals surface area contributed by atoms with Gasteiger partial charge in [0, 0.05) is 25.2 Å². The molecule has 1 aliphatic heterocycles. The maximum absolute atomic E-state index is 11.9. The molecular weight excluding hydrogens is 202 g/mol. The van der Waals surface area contributed by atoms with Gasteiger partial charge in [-0.15, -0.1) is 0 Å². The largest absolute Gasteiger partial charge is 0.335 e. The van der Waals surface area contributed by atoms with Crippen molar-refractivity contribution in [2.45, 2.75) is 44.2 Å². The van der Waals surface area contributed by atoms with Crippen LogP contribution in [0.2, 0.25) is 0 Å². The molecule has 0 aromatic carbocycles. The van der Waals surface area contributed by atoms with E-state index in [4.69, 9.17) is 5.73 Å². The van der Waals surface area contributed by atoms with Crippen molar-refractivity contribution in [1.82, 2.24) is 10.2 Å². The Morgan fingerprint density at radius 2 is 2.00 bits per heavy atom. The quantitative estimate of drug-likeness (QED) is 0.694. The number of nitrogens with one attached hydrogen (secondary N) is 1. The van der Waals surface area contributed by atoms with Crippen molar-refractivity contribution in [1.29, 1.82) is 0 Å². The van der Waals surface area contributed by atoms with Crippen molar-refractivity contribution in [2.24, 2.45) is 17.6 Å². The van der Waals surface area contributed by atoms with Crippen LogP contribution in [0, 0.1) is 11.8 Å². The highest BCUT2D eigenvalue weighted by Gasteiger charge is 2.41. The predicted octanol–water partition coefficient (Wildman–Crippen LogP) is 0.918. The monoisotopic (exact) mass is 223 g/mol. The van der Waals surface area contributed by atoms with Gasteiger partial charge < -0.3 is 16.0 Å². The molecule has 3 aliphatic rings. The maximum atomic E-state index is 11.9. The van der Waals surface area contributed by atoms with Gasteiger partial charge >= 0.3 is 6.03 Å². The number of hydrogen-bond donors (Lipinski definition) is 2. The molecule has 3 fully saturated rings. The van der Waals surface area contributed by atoms with Gasteiger partial charge in [-0.05, 0) is 37.5 Å². The normalized spacial score (nSPS) is 38.3. The molecular formula is C12H21N3O. The average molecular weight is 223 g/mol. The Hall–Kier alpha value is -0.770. The first kappa shape index (κ1) is 10.4.